The lowest BCUT2D eigenvalue weighted by Gasteiger charge is -2.24. The van der Waals surface area contributed by atoms with Crippen molar-refractivity contribution in [2.75, 3.05) is 23.7 Å². The summed E-state index contributed by atoms with van der Waals surface area (Å²) in [5.41, 5.74) is -0.959. The number of ketones is 2. The first-order valence-corrected chi connectivity index (χ1v) is 10.7. The van der Waals surface area contributed by atoms with Crippen molar-refractivity contribution in [3.63, 3.8) is 0 Å². The van der Waals surface area contributed by atoms with Crippen LogP contribution >= 0.6 is 11.6 Å². The Kier molecular flexibility index (Phi) is 6.64. The van der Waals surface area contributed by atoms with Gasteiger partial charge in [-0.25, -0.2) is 12.8 Å². The molecular formula is C18H21ClFNO5S. The minimum atomic E-state index is -3.88. The maximum Gasteiger partial charge on any atom is 0.232 e. The molecule has 0 heterocycles. The van der Waals surface area contributed by atoms with E-state index >= 15 is 0 Å². The molecule has 2 rings (SSSR count). The normalized spacial score (nSPS) is 14.8. The van der Waals surface area contributed by atoms with Crippen LogP contribution in [0.2, 0.25) is 5.02 Å². The molecular weight excluding hydrogens is 397 g/mol. The molecule has 27 heavy (non-hydrogen) atoms. The molecule has 0 bridgehead atoms. The number of Topliss-reactive ketones (excluding diaryl/α,β-unsaturated/α-hetero) is 2. The average Bonchev–Trinajstić information content (AvgIpc) is 3.43. The van der Waals surface area contributed by atoms with E-state index in [1.807, 2.05) is 0 Å². The summed E-state index contributed by atoms with van der Waals surface area (Å²) in [6.07, 6.45) is 3.30. The van der Waals surface area contributed by atoms with E-state index in [9.17, 15) is 22.4 Å². The number of carbonyl (C=O) groups excluding carboxylic acids is 2. The van der Waals surface area contributed by atoms with Gasteiger partial charge in [0.2, 0.25) is 15.8 Å². The van der Waals surface area contributed by atoms with E-state index in [0.29, 0.717) is 12.8 Å². The predicted molar refractivity (Wildman–Crippen MR) is 101 cm³/mol. The topological polar surface area (TPSA) is 80.8 Å². The first-order chi connectivity index (χ1) is 12.6. The smallest absolute Gasteiger partial charge is 0.232 e. The molecule has 9 heteroatoms. The minimum absolute atomic E-state index is 0.114. The van der Waals surface area contributed by atoms with Gasteiger partial charge in [0.25, 0.3) is 0 Å². The number of hydrogen-bond acceptors (Lipinski definition) is 5. The molecule has 1 fully saturated rings. The van der Waals surface area contributed by atoms with Crippen LogP contribution in [0.25, 0.3) is 0 Å². The predicted octanol–water partition coefficient (Wildman–Crippen LogP) is 3.35. The average molecular weight is 418 g/mol. The third-order valence-corrected chi connectivity index (χ3v) is 5.61. The Bertz CT molecular complexity index is 893. The Labute approximate surface area is 163 Å². The molecule has 1 aliphatic rings. The Hall–Kier alpha value is -1.93. The van der Waals surface area contributed by atoms with Gasteiger partial charge in [-0.3, -0.25) is 13.9 Å². The van der Waals surface area contributed by atoms with Crippen molar-refractivity contribution >= 4 is 38.9 Å². The zero-order valence-corrected chi connectivity index (χ0v) is 16.9. The maximum atomic E-state index is 14.8. The Morgan fingerprint density at radius 1 is 1.33 bits per heavy atom. The summed E-state index contributed by atoms with van der Waals surface area (Å²) >= 11 is 5.81. The number of anilines is 1. The fourth-order valence-electron chi connectivity index (χ4n) is 2.63. The highest BCUT2D eigenvalue weighted by Gasteiger charge is 2.37. The summed E-state index contributed by atoms with van der Waals surface area (Å²) in [6, 6.07) is 2.38. The van der Waals surface area contributed by atoms with Gasteiger partial charge in [0, 0.05) is 12.5 Å². The van der Waals surface area contributed by atoms with E-state index < -0.39 is 33.1 Å². The van der Waals surface area contributed by atoms with E-state index in [1.165, 1.54) is 13.0 Å². The summed E-state index contributed by atoms with van der Waals surface area (Å²) in [7, 11) is -3.88. The van der Waals surface area contributed by atoms with Crippen LogP contribution in [-0.2, 0) is 19.6 Å². The van der Waals surface area contributed by atoms with Gasteiger partial charge in [-0.05, 0) is 38.8 Å². The lowest BCUT2D eigenvalue weighted by Crippen LogP contribution is -2.32. The molecule has 6 nitrogen and oxygen atoms in total. The summed E-state index contributed by atoms with van der Waals surface area (Å²) in [5, 5.41) is -0.326. The summed E-state index contributed by atoms with van der Waals surface area (Å²) in [5.74, 6) is -2.49. The molecule has 0 atom stereocenters. The van der Waals surface area contributed by atoms with Gasteiger partial charge in [-0.2, -0.15) is 0 Å². The van der Waals surface area contributed by atoms with Gasteiger partial charge in [0.15, 0.2) is 11.6 Å². The standard InChI is InChI=1S/C18H21ClFNO5S/c1-4-21(27(3,24)25)16-12(8-9-14(19)15(16)20)18(23)13(10-26-5-2)17(22)11-6-7-11/h8-11H,4-7H2,1-3H3. The van der Waals surface area contributed by atoms with Crippen molar-refractivity contribution in [3.8, 4) is 0 Å². The van der Waals surface area contributed by atoms with E-state index in [1.54, 1.807) is 6.92 Å². The first-order valence-electron chi connectivity index (χ1n) is 8.49. The van der Waals surface area contributed by atoms with Crippen LogP contribution < -0.4 is 4.31 Å². The van der Waals surface area contributed by atoms with E-state index in [0.717, 1.165) is 22.9 Å². The number of halogens is 2. The van der Waals surface area contributed by atoms with Crippen molar-refractivity contribution in [2.24, 2.45) is 5.92 Å². The van der Waals surface area contributed by atoms with E-state index in [4.69, 9.17) is 16.3 Å². The lowest BCUT2D eigenvalue weighted by molar-refractivity contribution is -0.116. The quantitative estimate of drug-likeness (QED) is 0.202. The second kappa shape index (κ2) is 8.39. The molecule has 0 amide bonds. The van der Waals surface area contributed by atoms with Crippen molar-refractivity contribution in [1.29, 1.82) is 0 Å². The molecule has 0 N–H and O–H groups in total. The van der Waals surface area contributed by atoms with Crippen LogP contribution in [-0.4, -0.2) is 39.4 Å². The molecule has 0 aliphatic heterocycles. The molecule has 0 aromatic heterocycles. The van der Waals surface area contributed by atoms with Gasteiger partial charge >= 0.3 is 0 Å². The first kappa shape index (κ1) is 21.4. The summed E-state index contributed by atoms with van der Waals surface area (Å²) in [6.45, 7) is 3.32. The van der Waals surface area contributed by atoms with Crippen molar-refractivity contribution < 1.29 is 27.1 Å². The van der Waals surface area contributed by atoms with Crippen molar-refractivity contribution in [3.05, 3.63) is 40.4 Å². The molecule has 1 saturated carbocycles. The van der Waals surface area contributed by atoms with Crippen molar-refractivity contribution in [1.82, 2.24) is 0 Å². The molecule has 1 aromatic carbocycles. The second-order valence-corrected chi connectivity index (χ2v) is 8.45. The number of rotatable bonds is 9. The van der Waals surface area contributed by atoms with Gasteiger partial charge in [-0.1, -0.05) is 11.6 Å². The second-order valence-electron chi connectivity index (χ2n) is 6.14. The largest absolute Gasteiger partial charge is 0.501 e. The number of sulfonamides is 1. The van der Waals surface area contributed by atoms with Crippen molar-refractivity contribution in [2.45, 2.75) is 26.7 Å². The van der Waals surface area contributed by atoms with Gasteiger partial charge < -0.3 is 4.74 Å². The number of benzene rings is 1. The molecule has 1 aliphatic carbocycles. The Morgan fingerprint density at radius 2 is 1.96 bits per heavy atom. The number of carbonyl (C=O) groups is 2. The zero-order valence-electron chi connectivity index (χ0n) is 15.3. The van der Waals surface area contributed by atoms with Crippen LogP contribution in [0.1, 0.15) is 37.0 Å². The number of allylic oxidation sites excluding steroid dienone is 1. The van der Waals surface area contributed by atoms with Crippen LogP contribution in [0.3, 0.4) is 0 Å². The molecule has 148 valence electrons. The number of nitrogens with zero attached hydrogens (tertiary/aromatic N) is 1. The van der Waals surface area contributed by atoms with Gasteiger partial charge in [0.1, 0.15) is 5.57 Å². The van der Waals surface area contributed by atoms with Crippen LogP contribution in [0.5, 0.6) is 0 Å². The maximum absolute atomic E-state index is 14.8. The SMILES string of the molecule is CCOC=C(C(=O)c1ccc(Cl)c(F)c1N(CC)S(C)(=O)=O)C(=O)C1CC1. The highest BCUT2D eigenvalue weighted by molar-refractivity contribution is 7.92. The summed E-state index contributed by atoms with van der Waals surface area (Å²) in [4.78, 5) is 25.6. The van der Waals surface area contributed by atoms with E-state index in [-0.39, 0.29) is 35.2 Å². The molecule has 1 aromatic rings. The van der Waals surface area contributed by atoms with E-state index in [2.05, 4.69) is 0 Å². The van der Waals surface area contributed by atoms with Gasteiger partial charge in [0.05, 0.1) is 35.4 Å². The fourth-order valence-corrected chi connectivity index (χ4v) is 3.76. The molecule has 0 radical (unpaired) electrons. The highest BCUT2D eigenvalue weighted by atomic mass is 35.5. The van der Waals surface area contributed by atoms with Crippen LogP contribution in [0, 0.1) is 11.7 Å². The minimum Gasteiger partial charge on any atom is -0.501 e. The third-order valence-electron chi connectivity index (χ3n) is 4.08. The number of hydrogen-bond donors (Lipinski definition) is 0. The van der Waals surface area contributed by atoms with Crippen LogP contribution in [0.4, 0.5) is 10.1 Å². The van der Waals surface area contributed by atoms with Crippen LogP contribution in [0.15, 0.2) is 24.0 Å². The Morgan fingerprint density at radius 3 is 2.44 bits per heavy atom. The zero-order chi connectivity index (χ0) is 20.4. The molecule has 0 saturated heterocycles. The molecule has 0 spiro atoms. The van der Waals surface area contributed by atoms with Gasteiger partial charge in [-0.15, -0.1) is 0 Å². The third kappa shape index (κ3) is 4.68. The Balaban J connectivity index is 2.64. The summed E-state index contributed by atoms with van der Waals surface area (Å²) < 4.78 is 44.8. The number of ether oxygens (including phenoxy) is 1. The molecule has 0 unspecified atom stereocenters. The monoisotopic (exact) mass is 417 g/mol. The lowest BCUT2D eigenvalue weighted by atomic mass is 9.97. The highest BCUT2D eigenvalue weighted by Crippen LogP contribution is 2.36. The fraction of sp³-hybridized carbons (Fsp3) is 0.444.